The first kappa shape index (κ1) is 21.4. The van der Waals surface area contributed by atoms with Crippen LogP contribution in [0.5, 0.6) is 0 Å². The highest BCUT2D eigenvalue weighted by Crippen LogP contribution is 2.38. The molecule has 0 spiro atoms. The second-order valence-electron chi connectivity index (χ2n) is 5.66. The van der Waals surface area contributed by atoms with E-state index in [0.29, 0.717) is 5.56 Å². The summed E-state index contributed by atoms with van der Waals surface area (Å²) >= 11 is 5.73. The van der Waals surface area contributed by atoms with Crippen LogP contribution in [0.2, 0.25) is 5.02 Å². The maximum Gasteiger partial charge on any atom is 0.418 e. The van der Waals surface area contributed by atoms with Gasteiger partial charge in [-0.15, -0.1) is 0 Å². The Bertz CT molecular complexity index is 869. The molecule has 0 aliphatic rings. The molecule has 0 unspecified atom stereocenters. The zero-order chi connectivity index (χ0) is 20.7. The van der Waals surface area contributed by atoms with Crippen LogP contribution in [0.4, 0.5) is 18.9 Å². The number of carbonyl (C=O) groups excluding carboxylic acids is 3. The van der Waals surface area contributed by atoms with E-state index in [1.165, 1.54) is 6.07 Å². The standard InChI is InChI=1S/C19H15ClF3NO4/c20-14-8-4-7-13(19(21,22)23)18(14)24-16(26)11-28-17(27)10-9-15(25)12-5-2-1-3-6-12/h1-8H,9-11H2,(H,24,26). The van der Waals surface area contributed by atoms with E-state index in [1.54, 1.807) is 30.3 Å². The van der Waals surface area contributed by atoms with E-state index in [1.807, 2.05) is 5.32 Å². The first-order chi connectivity index (χ1) is 13.2. The summed E-state index contributed by atoms with van der Waals surface area (Å²) in [6, 6.07) is 11.4. The lowest BCUT2D eigenvalue weighted by atomic mass is 10.1. The van der Waals surface area contributed by atoms with Crippen molar-refractivity contribution in [2.75, 3.05) is 11.9 Å². The largest absolute Gasteiger partial charge is 0.456 e. The molecule has 0 saturated heterocycles. The number of rotatable bonds is 7. The molecule has 0 aromatic heterocycles. The highest BCUT2D eigenvalue weighted by Gasteiger charge is 2.34. The number of ether oxygens (including phenoxy) is 1. The van der Waals surface area contributed by atoms with Gasteiger partial charge in [-0.2, -0.15) is 13.2 Å². The second-order valence-corrected chi connectivity index (χ2v) is 6.07. The van der Waals surface area contributed by atoms with Gasteiger partial charge in [-0.25, -0.2) is 0 Å². The summed E-state index contributed by atoms with van der Waals surface area (Å²) in [5.74, 6) is -2.08. The smallest absolute Gasteiger partial charge is 0.418 e. The average Bonchev–Trinajstić information content (AvgIpc) is 2.65. The van der Waals surface area contributed by atoms with E-state index in [-0.39, 0.29) is 23.6 Å². The molecular formula is C19H15ClF3NO4. The van der Waals surface area contributed by atoms with E-state index >= 15 is 0 Å². The maximum atomic E-state index is 13.0. The number of nitrogens with one attached hydrogen (secondary N) is 1. The summed E-state index contributed by atoms with van der Waals surface area (Å²) in [6.07, 6.45) is -5.10. The van der Waals surface area contributed by atoms with Crippen LogP contribution in [-0.4, -0.2) is 24.3 Å². The van der Waals surface area contributed by atoms with Gasteiger partial charge in [-0.1, -0.05) is 48.0 Å². The average molecular weight is 414 g/mol. The zero-order valence-corrected chi connectivity index (χ0v) is 15.1. The summed E-state index contributed by atoms with van der Waals surface area (Å²) in [6.45, 7) is -0.805. The Morgan fingerprint density at radius 2 is 1.64 bits per heavy atom. The molecule has 2 aromatic carbocycles. The van der Waals surface area contributed by atoms with Crippen LogP contribution in [0.15, 0.2) is 48.5 Å². The van der Waals surface area contributed by atoms with Gasteiger partial charge in [-0.05, 0) is 12.1 Å². The Balaban J connectivity index is 1.86. The molecule has 5 nitrogen and oxygen atoms in total. The second kappa shape index (κ2) is 9.36. The fourth-order valence-electron chi connectivity index (χ4n) is 2.27. The van der Waals surface area contributed by atoms with E-state index < -0.39 is 35.9 Å². The molecule has 0 atom stereocenters. The fourth-order valence-corrected chi connectivity index (χ4v) is 2.49. The lowest BCUT2D eigenvalue weighted by molar-refractivity contribution is -0.147. The molecular weight excluding hydrogens is 399 g/mol. The maximum absolute atomic E-state index is 13.0. The SMILES string of the molecule is O=C(COC(=O)CCC(=O)c1ccccc1)Nc1c(Cl)cccc1C(F)(F)F. The number of hydrogen-bond acceptors (Lipinski definition) is 4. The number of hydrogen-bond donors (Lipinski definition) is 1. The molecule has 28 heavy (non-hydrogen) atoms. The molecule has 0 radical (unpaired) electrons. The number of Topliss-reactive ketones (excluding diaryl/α,β-unsaturated/α-hetero) is 1. The zero-order valence-electron chi connectivity index (χ0n) is 14.4. The quantitative estimate of drug-likeness (QED) is 0.535. The van der Waals surface area contributed by atoms with Crippen molar-refractivity contribution in [3.8, 4) is 0 Å². The number of carbonyl (C=O) groups is 3. The van der Waals surface area contributed by atoms with Gasteiger partial charge < -0.3 is 10.1 Å². The van der Waals surface area contributed by atoms with Crippen molar-refractivity contribution in [1.29, 1.82) is 0 Å². The van der Waals surface area contributed by atoms with Crippen molar-refractivity contribution in [1.82, 2.24) is 0 Å². The highest BCUT2D eigenvalue weighted by molar-refractivity contribution is 6.34. The van der Waals surface area contributed by atoms with Crippen LogP contribution in [0.1, 0.15) is 28.8 Å². The normalized spacial score (nSPS) is 11.0. The van der Waals surface area contributed by atoms with Crippen LogP contribution < -0.4 is 5.32 Å². The topological polar surface area (TPSA) is 72.5 Å². The first-order valence-corrected chi connectivity index (χ1v) is 8.45. The van der Waals surface area contributed by atoms with E-state index in [4.69, 9.17) is 16.3 Å². The van der Waals surface area contributed by atoms with Crippen LogP contribution >= 0.6 is 11.6 Å². The van der Waals surface area contributed by atoms with E-state index in [0.717, 1.165) is 12.1 Å². The van der Waals surface area contributed by atoms with Gasteiger partial charge in [0.15, 0.2) is 12.4 Å². The number of amides is 1. The van der Waals surface area contributed by atoms with Crippen LogP contribution in [-0.2, 0) is 20.5 Å². The minimum absolute atomic E-state index is 0.118. The Morgan fingerprint density at radius 1 is 0.964 bits per heavy atom. The van der Waals surface area contributed by atoms with Crippen LogP contribution in [0.3, 0.4) is 0 Å². The molecule has 0 aliphatic carbocycles. The molecule has 0 saturated carbocycles. The van der Waals surface area contributed by atoms with Crippen molar-refractivity contribution in [2.24, 2.45) is 0 Å². The molecule has 0 aliphatic heterocycles. The van der Waals surface area contributed by atoms with Gasteiger partial charge in [-0.3, -0.25) is 14.4 Å². The Labute approximate surface area is 163 Å². The Hall–Kier alpha value is -2.87. The van der Waals surface area contributed by atoms with Gasteiger partial charge in [0, 0.05) is 12.0 Å². The lowest BCUT2D eigenvalue weighted by Gasteiger charge is -2.15. The van der Waals surface area contributed by atoms with Crippen molar-refractivity contribution in [3.05, 3.63) is 64.7 Å². The van der Waals surface area contributed by atoms with Crippen molar-refractivity contribution < 1.29 is 32.3 Å². The number of benzene rings is 2. The third-order valence-electron chi connectivity index (χ3n) is 3.60. The summed E-state index contributed by atoms with van der Waals surface area (Å²) in [5, 5.41) is 1.69. The van der Waals surface area contributed by atoms with E-state index in [9.17, 15) is 27.6 Å². The summed E-state index contributed by atoms with van der Waals surface area (Å²) in [5.41, 5.74) is -1.29. The van der Waals surface area contributed by atoms with Gasteiger partial charge in [0.2, 0.25) is 0 Å². The van der Waals surface area contributed by atoms with Gasteiger partial charge >= 0.3 is 12.1 Å². The van der Waals surface area contributed by atoms with Gasteiger partial charge in [0.1, 0.15) is 0 Å². The third kappa shape index (κ3) is 6.09. The van der Waals surface area contributed by atoms with Crippen molar-refractivity contribution in [2.45, 2.75) is 19.0 Å². The number of halogens is 4. The monoisotopic (exact) mass is 413 g/mol. The number of esters is 1. The summed E-state index contributed by atoms with van der Waals surface area (Å²) in [4.78, 5) is 35.4. The minimum atomic E-state index is -4.72. The van der Waals surface area contributed by atoms with Crippen molar-refractivity contribution in [3.63, 3.8) is 0 Å². The predicted molar refractivity (Wildman–Crippen MR) is 96.0 cm³/mol. The molecule has 0 bridgehead atoms. The fraction of sp³-hybridized carbons (Fsp3) is 0.211. The van der Waals surface area contributed by atoms with E-state index in [2.05, 4.69) is 0 Å². The molecule has 148 valence electrons. The molecule has 2 aromatic rings. The molecule has 0 heterocycles. The summed E-state index contributed by atoms with van der Waals surface area (Å²) < 4.78 is 43.6. The lowest BCUT2D eigenvalue weighted by Crippen LogP contribution is -2.23. The number of ketones is 1. The predicted octanol–water partition coefficient (Wildman–Crippen LogP) is 4.50. The van der Waals surface area contributed by atoms with Crippen LogP contribution in [0.25, 0.3) is 0 Å². The van der Waals surface area contributed by atoms with Gasteiger partial charge in [0.05, 0.1) is 22.7 Å². The molecule has 1 N–H and O–H groups in total. The van der Waals surface area contributed by atoms with Gasteiger partial charge in [0.25, 0.3) is 5.91 Å². The highest BCUT2D eigenvalue weighted by atomic mass is 35.5. The third-order valence-corrected chi connectivity index (χ3v) is 3.91. The number of alkyl halides is 3. The molecule has 0 fully saturated rings. The molecule has 1 amide bonds. The Morgan fingerprint density at radius 3 is 2.29 bits per heavy atom. The molecule has 2 rings (SSSR count). The number of anilines is 1. The van der Waals surface area contributed by atoms with Crippen LogP contribution in [0, 0.1) is 0 Å². The summed E-state index contributed by atoms with van der Waals surface area (Å²) in [7, 11) is 0. The number of para-hydroxylation sites is 1. The molecule has 9 heteroatoms. The Kier molecular flexibility index (Phi) is 7.17. The minimum Gasteiger partial charge on any atom is -0.456 e. The van der Waals surface area contributed by atoms with Crippen molar-refractivity contribution >= 4 is 34.9 Å². The first-order valence-electron chi connectivity index (χ1n) is 8.08.